The Bertz CT molecular complexity index is 545. The van der Waals surface area contributed by atoms with Gasteiger partial charge in [-0.25, -0.2) is 0 Å². The van der Waals surface area contributed by atoms with Gasteiger partial charge >= 0.3 is 0 Å². The number of piperazine rings is 2. The second-order valence-electron chi connectivity index (χ2n) is 6.20. The third-order valence-electron chi connectivity index (χ3n) is 4.66. The maximum Gasteiger partial charge on any atom is 0.276 e. The first-order valence-electron chi connectivity index (χ1n) is 7.76. The molecule has 2 aliphatic heterocycles. The predicted octanol–water partition coefficient (Wildman–Crippen LogP) is 0.201. The molecule has 3 rings (SSSR count). The standard InChI is InChI=1S/C15H24N4O3/c1-11-13(10-21-3)14(16-22-11)15(20)19-7-6-18-5-4-17(2)8-12(18)9-19/h12H,4-10H2,1-3H3/t12-/m0/s1. The number of amides is 1. The Labute approximate surface area is 130 Å². The van der Waals surface area contributed by atoms with Crippen LogP contribution in [0.25, 0.3) is 0 Å². The Balaban J connectivity index is 1.73. The summed E-state index contributed by atoms with van der Waals surface area (Å²) in [4.78, 5) is 19.5. The van der Waals surface area contributed by atoms with Crippen LogP contribution in [0.4, 0.5) is 0 Å². The third-order valence-corrected chi connectivity index (χ3v) is 4.66. The SMILES string of the molecule is COCc1c(C(=O)N2CCN3CCN(C)C[C@H]3C2)noc1C. The third kappa shape index (κ3) is 2.88. The highest BCUT2D eigenvalue weighted by Gasteiger charge is 2.34. The monoisotopic (exact) mass is 308 g/mol. The zero-order chi connectivity index (χ0) is 15.7. The lowest BCUT2D eigenvalue weighted by molar-refractivity contribution is 0.0183. The first kappa shape index (κ1) is 15.5. The number of methoxy groups -OCH3 is 1. The Morgan fingerprint density at radius 3 is 2.86 bits per heavy atom. The molecule has 0 spiro atoms. The van der Waals surface area contributed by atoms with Crippen LogP contribution in [0.15, 0.2) is 4.52 Å². The Morgan fingerprint density at radius 2 is 2.09 bits per heavy atom. The number of aromatic nitrogens is 1. The maximum absolute atomic E-state index is 12.8. The number of rotatable bonds is 3. The summed E-state index contributed by atoms with van der Waals surface area (Å²) in [6.07, 6.45) is 0. The molecule has 1 amide bonds. The van der Waals surface area contributed by atoms with Crippen LogP contribution in [0.2, 0.25) is 0 Å². The van der Waals surface area contributed by atoms with Gasteiger partial charge in [0.25, 0.3) is 5.91 Å². The van der Waals surface area contributed by atoms with Crippen molar-refractivity contribution in [3.05, 3.63) is 17.0 Å². The molecule has 122 valence electrons. The number of aryl methyl sites for hydroxylation is 1. The molecule has 1 aromatic heterocycles. The van der Waals surface area contributed by atoms with Gasteiger partial charge in [0.2, 0.25) is 0 Å². The highest BCUT2D eigenvalue weighted by molar-refractivity contribution is 5.93. The molecule has 7 nitrogen and oxygen atoms in total. The Kier molecular flexibility index (Phi) is 4.46. The summed E-state index contributed by atoms with van der Waals surface area (Å²) in [7, 11) is 3.74. The van der Waals surface area contributed by atoms with Crippen LogP contribution in [0.5, 0.6) is 0 Å². The molecule has 0 aromatic carbocycles. The highest BCUT2D eigenvalue weighted by atomic mass is 16.5. The van der Waals surface area contributed by atoms with Gasteiger partial charge in [0.1, 0.15) is 5.76 Å². The second-order valence-corrected chi connectivity index (χ2v) is 6.20. The summed E-state index contributed by atoms with van der Waals surface area (Å²) in [6.45, 7) is 7.78. The summed E-state index contributed by atoms with van der Waals surface area (Å²) in [6, 6.07) is 0.412. The van der Waals surface area contributed by atoms with Gasteiger partial charge in [-0.1, -0.05) is 5.16 Å². The average Bonchev–Trinajstić information content (AvgIpc) is 2.87. The summed E-state index contributed by atoms with van der Waals surface area (Å²) in [5.74, 6) is 0.609. The Hall–Kier alpha value is -1.44. The van der Waals surface area contributed by atoms with Crippen LogP contribution >= 0.6 is 0 Å². The number of likely N-dealkylation sites (N-methyl/N-ethyl adjacent to an activating group) is 1. The number of fused-ring (bicyclic) bond motifs is 1. The molecule has 22 heavy (non-hydrogen) atoms. The van der Waals surface area contributed by atoms with Crippen molar-refractivity contribution in [2.75, 3.05) is 53.4 Å². The summed E-state index contributed by atoms with van der Waals surface area (Å²) >= 11 is 0. The first-order chi connectivity index (χ1) is 10.6. The second kappa shape index (κ2) is 6.36. The van der Waals surface area contributed by atoms with Gasteiger partial charge < -0.3 is 19.1 Å². The van der Waals surface area contributed by atoms with E-state index in [9.17, 15) is 4.79 Å². The molecule has 0 radical (unpaired) electrons. The minimum absolute atomic E-state index is 0.0447. The number of carbonyl (C=O) groups is 1. The maximum atomic E-state index is 12.8. The van der Waals surface area contributed by atoms with Gasteiger partial charge in [-0.2, -0.15) is 0 Å². The van der Waals surface area contributed by atoms with Crippen molar-refractivity contribution < 1.29 is 14.1 Å². The fraction of sp³-hybridized carbons (Fsp3) is 0.733. The summed E-state index contributed by atoms with van der Waals surface area (Å²) in [5, 5.41) is 3.96. The van der Waals surface area contributed by atoms with Crippen LogP contribution in [0, 0.1) is 6.92 Å². The smallest absolute Gasteiger partial charge is 0.276 e. The van der Waals surface area contributed by atoms with Crippen molar-refractivity contribution in [3.63, 3.8) is 0 Å². The van der Waals surface area contributed by atoms with E-state index in [1.165, 1.54) is 0 Å². The van der Waals surface area contributed by atoms with Crippen molar-refractivity contribution in [2.24, 2.45) is 0 Å². The molecular weight excluding hydrogens is 284 g/mol. The number of nitrogens with zero attached hydrogens (tertiary/aromatic N) is 4. The average molecular weight is 308 g/mol. The van der Waals surface area contributed by atoms with E-state index in [0.29, 0.717) is 24.1 Å². The lowest BCUT2D eigenvalue weighted by atomic mass is 10.1. The summed E-state index contributed by atoms with van der Waals surface area (Å²) < 4.78 is 10.3. The van der Waals surface area contributed by atoms with Crippen molar-refractivity contribution in [2.45, 2.75) is 19.6 Å². The fourth-order valence-electron chi connectivity index (χ4n) is 3.32. The molecule has 2 saturated heterocycles. The van der Waals surface area contributed by atoms with Crippen LogP contribution in [-0.2, 0) is 11.3 Å². The van der Waals surface area contributed by atoms with Gasteiger partial charge in [-0.3, -0.25) is 9.69 Å². The lowest BCUT2D eigenvalue weighted by Gasteiger charge is -2.46. The van der Waals surface area contributed by atoms with Crippen LogP contribution in [0.3, 0.4) is 0 Å². The van der Waals surface area contributed by atoms with E-state index in [1.54, 1.807) is 7.11 Å². The number of carbonyl (C=O) groups excluding carboxylic acids is 1. The van der Waals surface area contributed by atoms with Crippen molar-refractivity contribution in [1.29, 1.82) is 0 Å². The van der Waals surface area contributed by atoms with Crippen LogP contribution < -0.4 is 0 Å². The van der Waals surface area contributed by atoms with Crippen molar-refractivity contribution >= 4 is 5.91 Å². The molecular formula is C15H24N4O3. The van der Waals surface area contributed by atoms with E-state index in [0.717, 1.165) is 44.8 Å². The van der Waals surface area contributed by atoms with E-state index in [1.807, 2.05) is 11.8 Å². The topological polar surface area (TPSA) is 62.1 Å². The zero-order valence-electron chi connectivity index (χ0n) is 13.5. The minimum Gasteiger partial charge on any atom is -0.380 e. The van der Waals surface area contributed by atoms with Gasteiger partial charge in [-0.05, 0) is 14.0 Å². The molecule has 0 saturated carbocycles. The zero-order valence-corrected chi connectivity index (χ0v) is 13.5. The molecule has 0 aliphatic carbocycles. The summed E-state index contributed by atoms with van der Waals surface area (Å²) in [5.41, 5.74) is 1.16. The molecule has 0 bridgehead atoms. The number of ether oxygens (including phenoxy) is 1. The normalized spacial score (nSPS) is 23.6. The predicted molar refractivity (Wildman–Crippen MR) is 80.7 cm³/mol. The van der Waals surface area contributed by atoms with Gasteiger partial charge in [0, 0.05) is 52.4 Å². The molecule has 1 atom stereocenters. The van der Waals surface area contributed by atoms with E-state index < -0.39 is 0 Å². The van der Waals surface area contributed by atoms with E-state index in [-0.39, 0.29) is 5.91 Å². The van der Waals surface area contributed by atoms with Crippen LogP contribution in [-0.4, -0.2) is 85.2 Å². The quantitative estimate of drug-likeness (QED) is 0.795. The highest BCUT2D eigenvalue weighted by Crippen LogP contribution is 2.20. The number of hydrogen-bond donors (Lipinski definition) is 0. The Morgan fingerprint density at radius 1 is 1.32 bits per heavy atom. The molecule has 3 heterocycles. The first-order valence-corrected chi connectivity index (χ1v) is 7.76. The van der Waals surface area contributed by atoms with Gasteiger partial charge in [-0.15, -0.1) is 0 Å². The van der Waals surface area contributed by atoms with Crippen molar-refractivity contribution in [3.8, 4) is 0 Å². The molecule has 2 fully saturated rings. The largest absolute Gasteiger partial charge is 0.380 e. The van der Waals surface area contributed by atoms with Crippen LogP contribution in [0.1, 0.15) is 21.8 Å². The van der Waals surface area contributed by atoms with Gasteiger partial charge in [0.05, 0.1) is 12.2 Å². The molecule has 0 N–H and O–H groups in total. The molecule has 1 aromatic rings. The van der Waals surface area contributed by atoms with E-state index >= 15 is 0 Å². The minimum atomic E-state index is -0.0447. The number of hydrogen-bond acceptors (Lipinski definition) is 6. The lowest BCUT2D eigenvalue weighted by Crippen LogP contribution is -2.62. The van der Waals surface area contributed by atoms with Crippen molar-refractivity contribution in [1.82, 2.24) is 19.9 Å². The molecule has 2 aliphatic rings. The van der Waals surface area contributed by atoms with E-state index in [2.05, 4.69) is 22.0 Å². The van der Waals surface area contributed by atoms with E-state index in [4.69, 9.17) is 9.26 Å². The molecule has 0 unspecified atom stereocenters. The van der Waals surface area contributed by atoms with Gasteiger partial charge in [0.15, 0.2) is 5.69 Å². The molecule has 7 heteroatoms. The fourth-order valence-corrected chi connectivity index (χ4v) is 3.32.